The number of aromatic nitrogens is 2. The van der Waals surface area contributed by atoms with Gasteiger partial charge < -0.3 is 5.32 Å². The lowest BCUT2D eigenvalue weighted by molar-refractivity contribution is 0.0899. The van der Waals surface area contributed by atoms with E-state index in [1.54, 1.807) is 10.6 Å². The van der Waals surface area contributed by atoms with Crippen LogP contribution in [0.25, 0.3) is 5.52 Å². The summed E-state index contributed by atoms with van der Waals surface area (Å²) in [6.45, 7) is 8.22. The van der Waals surface area contributed by atoms with E-state index in [2.05, 4.69) is 31.1 Å². The highest BCUT2D eigenvalue weighted by atomic mass is 35.5. The van der Waals surface area contributed by atoms with Crippen molar-refractivity contribution in [2.75, 3.05) is 0 Å². The summed E-state index contributed by atoms with van der Waals surface area (Å²) in [6.07, 6.45) is 1.78. The Hall–Kier alpha value is -1.55. The SMILES string of the molecule is C[C@@H](NC(=O)c1nc(Cl)c2ccccn12)C(C)(C)C. The van der Waals surface area contributed by atoms with Gasteiger partial charge in [-0.15, -0.1) is 0 Å². The number of carbonyl (C=O) groups is 1. The standard InChI is InChI=1S/C14H18ClN3O/c1-9(14(2,3)4)16-13(19)12-17-11(15)10-7-5-6-8-18(10)12/h5-9H,1-4H3,(H,16,19)/t9-/m1/s1. The molecule has 0 fully saturated rings. The second-order valence-electron chi connectivity index (χ2n) is 5.74. The Labute approximate surface area is 117 Å². The molecule has 0 saturated heterocycles. The molecule has 1 N–H and O–H groups in total. The summed E-state index contributed by atoms with van der Waals surface area (Å²) in [5, 5.41) is 3.30. The maximum Gasteiger partial charge on any atom is 0.287 e. The van der Waals surface area contributed by atoms with Crippen molar-refractivity contribution in [3.05, 3.63) is 35.4 Å². The minimum absolute atomic E-state index is 0.00742. The van der Waals surface area contributed by atoms with Crippen molar-refractivity contribution >= 4 is 23.0 Å². The first-order chi connectivity index (χ1) is 8.80. The number of nitrogens with one attached hydrogen (secondary N) is 1. The number of pyridine rings is 1. The molecule has 2 heterocycles. The summed E-state index contributed by atoms with van der Waals surface area (Å²) in [5.74, 6) is 0.104. The normalized spacial score (nSPS) is 13.5. The Morgan fingerprint density at radius 1 is 1.42 bits per heavy atom. The van der Waals surface area contributed by atoms with E-state index in [-0.39, 0.29) is 17.4 Å². The molecule has 0 aliphatic carbocycles. The van der Waals surface area contributed by atoms with Crippen molar-refractivity contribution in [2.24, 2.45) is 5.41 Å². The molecule has 0 bridgehead atoms. The summed E-state index contributed by atoms with van der Waals surface area (Å²) in [7, 11) is 0. The molecule has 0 aromatic carbocycles. The molecular formula is C14H18ClN3O. The molecule has 0 spiro atoms. The van der Waals surface area contributed by atoms with Crippen molar-refractivity contribution in [3.63, 3.8) is 0 Å². The zero-order valence-electron chi connectivity index (χ0n) is 11.6. The van der Waals surface area contributed by atoms with Gasteiger partial charge in [-0.3, -0.25) is 9.20 Å². The fourth-order valence-corrected chi connectivity index (χ4v) is 1.87. The Morgan fingerprint density at radius 3 is 2.74 bits per heavy atom. The monoisotopic (exact) mass is 279 g/mol. The van der Waals surface area contributed by atoms with E-state index in [0.717, 1.165) is 5.52 Å². The van der Waals surface area contributed by atoms with Gasteiger partial charge in [0.1, 0.15) is 0 Å². The van der Waals surface area contributed by atoms with Crippen molar-refractivity contribution < 1.29 is 4.79 Å². The van der Waals surface area contributed by atoms with E-state index >= 15 is 0 Å². The van der Waals surface area contributed by atoms with Gasteiger partial charge in [-0.25, -0.2) is 4.98 Å². The van der Waals surface area contributed by atoms with Crippen molar-refractivity contribution in [2.45, 2.75) is 33.7 Å². The smallest absolute Gasteiger partial charge is 0.287 e. The van der Waals surface area contributed by atoms with E-state index in [4.69, 9.17) is 11.6 Å². The fourth-order valence-electron chi connectivity index (χ4n) is 1.64. The van der Waals surface area contributed by atoms with Crippen LogP contribution >= 0.6 is 11.6 Å². The first-order valence-electron chi connectivity index (χ1n) is 6.24. The van der Waals surface area contributed by atoms with Crippen LogP contribution < -0.4 is 5.32 Å². The Balaban J connectivity index is 2.33. The molecular weight excluding hydrogens is 262 g/mol. The zero-order valence-corrected chi connectivity index (χ0v) is 12.3. The zero-order chi connectivity index (χ0) is 14.2. The second-order valence-corrected chi connectivity index (χ2v) is 6.10. The number of carbonyl (C=O) groups excluding carboxylic acids is 1. The minimum Gasteiger partial charge on any atom is -0.346 e. The minimum atomic E-state index is -0.212. The molecule has 2 aromatic heterocycles. The number of nitrogens with zero attached hydrogens (tertiary/aromatic N) is 2. The largest absolute Gasteiger partial charge is 0.346 e. The van der Waals surface area contributed by atoms with Gasteiger partial charge in [-0.05, 0) is 24.5 Å². The lowest BCUT2D eigenvalue weighted by Gasteiger charge is -2.27. The van der Waals surface area contributed by atoms with Gasteiger partial charge >= 0.3 is 0 Å². The maximum absolute atomic E-state index is 12.3. The van der Waals surface area contributed by atoms with Gasteiger partial charge in [0, 0.05) is 12.2 Å². The first kappa shape index (κ1) is 13.9. The molecule has 102 valence electrons. The number of halogens is 1. The lowest BCUT2D eigenvalue weighted by atomic mass is 9.88. The van der Waals surface area contributed by atoms with Gasteiger partial charge in [0.25, 0.3) is 5.91 Å². The Kier molecular flexibility index (Phi) is 3.54. The molecule has 5 heteroatoms. The highest BCUT2D eigenvalue weighted by Gasteiger charge is 2.24. The maximum atomic E-state index is 12.3. The van der Waals surface area contributed by atoms with Crippen LogP contribution in [0.2, 0.25) is 5.15 Å². The summed E-state index contributed by atoms with van der Waals surface area (Å²) in [5.41, 5.74) is 0.727. The predicted molar refractivity (Wildman–Crippen MR) is 76.6 cm³/mol. The van der Waals surface area contributed by atoms with Gasteiger partial charge in [0.15, 0.2) is 5.15 Å². The van der Waals surface area contributed by atoms with Crippen LogP contribution in [0, 0.1) is 5.41 Å². The van der Waals surface area contributed by atoms with Crippen molar-refractivity contribution in [1.29, 1.82) is 0 Å². The summed E-state index contributed by atoms with van der Waals surface area (Å²) in [4.78, 5) is 16.4. The Bertz CT molecular complexity index is 613. The number of imidazole rings is 1. The van der Waals surface area contributed by atoms with E-state index in [0.29, 0.717) is 11.0 Å². The third kappa shape index (κ3) is 2.73. The highest BCUT2D eigenvalue weighted by Crippen LogP contribution is 2.20. The summed E-state index contributed by atoms with van der Waals surface area (Å²) >= 11 is 6.04. The van der Waals surface area contributed by atoms with Crippen molar-refractivity contribution in [3.8, 4) is 0 Å². The molecule has 2 aromatic rings. The Morgan fingerprint density at radius 2 is 2.11 bits per heavy atom. The van der Waals surface area contributed by atoms with Crippen LogP contribution in [-0.4, -0.2) is 21.3 Å². The number of hydrogen-bond acceptors (Lipinski definition) is 2. The topological polar surface area (TPSA) is 46.4 Å². The average Bonchev–Trinajstić information content (AvgIpc) is 2.66. The number of hydrogen-bond donors (Lipinski definition) is 1. The van der Waals surface area contributed by atoms with Crippen LogP contribution in [0.3, 0.4) is 0 Å². The lowest BCUT2D eigenvalue weighted by Crippen LogP contribution is -2.42. The van der Waals surface area contributed by atoms with Gasteiger partial charge in [-0.2, -0.15) is 0 Å². The summed E-state index contributed by atoms with van der Waals surface area (Å²) in [6, 6.07) is 5.58. The fraction of sp³-hybridized carbons (Fsp3) is 0.429. The highest BCUT2D eigenvalue weighted by molar-refractivity contribution is 6.33. The second kappa shape index (κ2) is 4.85. The number of fused-ring (bicyclic) bond motifs is 1. The van der Waals surface area contributed by atoms with Gasteiger partial charge in [0.05, 0.1) is 5.52 Å². The molecule has 4 nitrogen and oxygen atoms in total. The molecule has 0 saturated carbocycles. The number of amides is 1. The van der Waals surface area contributed by atoms with Crippen LogP contribution in [0.5, 0.6) is 0 Å². The van der Waals surface area contributed by atoms with Gasteiger partial charge in [-0.1, -0.05) is 38.4 Å². The van der Waals surface area contributed by atoms with E-state index in [9.17, 15) is 4.79 Å². The molecule has 0 aliphatic rings. The van der Waals surface area contributed by atoms with E-state index < -0.39 is 0 Å². The molecule has 1 amide bonds. The molecule has 2 rings (SSSR count). The number of rotatable bonds is 2. The van der Waals surface area contributed by atoms with E-state index in [1.165, 1.54) is 0 Å². The first-order valence-corrected chi connectivity index (χ1v) is 6.62. The molecule has 19 heavy (non-hydrogen) atoms. The quantitative estimate of drug-likeness (QED) is 0.918. The molecule has 0 aliphatic heterocycles. The van der Waals surface area contributed by atoms with Crippen LogP contribution in [-0.2, 0) is 0 Å². The van der Waals surface area contributed by atoms with Crippen molar-refractivity contribution in [1.82, 2.24) is 14.7 Å². The van der Waals surface area contributed by atoms with Crippen LogP contribution in [0.1, 0.15) is 38.3 Å². The molecule has 0 unspecified atom stereocenters. The van der Waals surface area contributed by atoms with Gasteiger partial charge in [0.2, 0.25) is 5.82 Å². The third-order valence-electron chi connectivity index (χ3n) is 3.35. The predicted octanol–water partition coefficient (Wildman–Crippen LogP) is 3.15. The molecule has 1 atom stereocenters. The van der Waals surface area contributed by atoms with Crippen LogP contribution in [0.4, 0.5) is 0 Å². The van der Waals surface area contributed by atoms with E-state index in [1.807, 2.05) is 25.1 Å². The summed E-state index contributed by atoms with van der Waals surface area (Å²) < 4.78 is 1.70. The average molecular weight is 280 g/mol. The third-order valence-corrected chi connectivity index (χ3v) is 3.63. The molecule has 0 radical (unpaired) electrons. The van der Waals surface area contributed by atoms with Crippen LogP contribution in [0.15, 0.2) is 24.4 Å².